The van der Waals surface area contributed by atoms with E-state index in [1.807, 2.05) is 48.7 Å². The molecule has 0 aliphatic carbocycles. The third-order valence-electron chi connectivity index (χ3n) is 7.58. The lowest BCUT2D eigenvalue weighted by Gasteiger charge is -2.26. The average Bonchev–Trinajstić information content (AvgIpc) is 3.70. The van der Waals surface area contributed by atoms with Crippen LogP contribution in [-0.2, 0) is 21.7 Å². The Morgan fingerprint density at radius 1 is 1.28 bits per heavy atom. The van der Waals surface area contributed by atoms with Crippen molar-refractivity contribution in [3.63, 3.8) is 0 Å². The molecule has 10 nitrogen and oxygen atoms in total. The van der Waals surface area contributed by atoms with Gasteiger partial charge >= 0.3 is 0 Å². The highest BCUT2D eigenvalue weighted by Gasteiger charge is 2.48. The third kappa shape index (κ3) is 5.49. The SMILES string of the molecule is C[C@@H](/C=C/CCn1cc(C(CO)c2ccccc2)nn1)[C@]1(O)C(=O)Nc2ccc(NC(=O)[C@H]3CCCN3)cc21. The van der Waals surface area contributed by atoms with E-state index in [0.29, 0.717) is 35.6 Å². The first kappa shape index (κ1) is 26.7. The predicted octanol–water partition coefficient (Wildman–Crippen LogP) is 2.52. The van der Waals surface area contributed by atoms with Crippen molar-refractivity contribution in [2.75, 3.05) is 23.8 Å². The number of carbonyl (C=O) groups excluding carboxylic acids is 2. The van der Waals surface area contributed by atoms with E-state index in [2.05, 4.69) is 26.3 Å². The Labute approximate surface area is 227 Å². The first-order chi connectivity index (χ1) is 18.9. The number of rotatable bonds is 10. The van der Waals surface area contributed by atoms with Crippen LogP contribution < -0.4 is 16.0 Å². The van der Waals surface area contributed by atoms with Crippen LogP contribution >= 0.6 is 0 Å². The van der Waals surface area contributed by atoms with Crippen LogP contribution in [0.3, 0.4) is 0 Å². The van der Waals surface area contributed by atoms with Gasteiger partial charge in [-0.15, -0.1) is 5.10 Å². The summed E-state index contributed by atoms with van der Waals surface area (Å²) in [5.41, 5.74) is 1.42. The molecule has 2 aliphatic heterocycles. The molecular formula is C29H34N6O4. The number of aromatic nitrogens is 3. The molecule has 0 spiro atoms. The summed E-state index contributed by atoms with van der Waals surface area (Å²) in [4.78, 5) is 25.4. The summed E-state index contributed by atoms with van der Waals surface area (Å²) in [6, 6.07) is 14.6. The smallest absolute Gasteiger partial charge is 0.261 e. The lowest BCUT2D eigenvalue weighted by atomic mass is 9.82. The molecule has 1 aromatic heterocycles. The van der Waals surface area contributed by atoms with Crippen LogP contribution in [0.4, 0.5) is 11.4 Å². The molecule has 5 rings (SSSR count). The second-order valence-electron chi connectivity index (χ2n) is 10.2. The van der Waals surface area contributed by atoms with Crippen molar-refractivity contribution in [3.05, 3.63) is 83.7 Å². The molecule has 1 saturated heterocycles. The molecule has 5 N–H and O–H groups in total. The predicted molar refractivity (Wildman–Crippen MR) is 147 cm³/mol. The maximum Gasteiger partial charge on any atom is 0.261 e. The summed E-state index contributed by atoms with van der Waals surface area (Å²) in [6.45, 7) is 3.10. The molecule has 0 radical (unpaired) electrons. The number of allylic oxidation sites excluding steroid dienone is 1. The molecule has 2 aromatic carbocycles. The first-order valence-corrected chi connectivity index (χ1v) is 13.3. The van der Waals surface area contributed by atoms with E-state index in [0.717, 1.165) is 24.9 Å². The fourth-order valence-corrected chi connectivity index (χ4v) is 5.26. The molecular weight excluding hydrogens is 496 g/mol. The second-order valence-corrected chi connectivity index (χ2v) is 10.2. The van der Waals surface area contributed by atoms with Gasteiger partial charge in [-0.3, -0.25) is 14.3 Å². The van der Waals surface area contributed by atoms with Gasteiger partial charge in [0.2, 0.25) is 5.91 Å². The van der Waals surface area contributed by atoms with Crippen molar-refractivity contribution in [3.8, 4) is 0 Å². The summed E-state index contributed by atoms with van der Waals surface area (Å²) in [5.74, 6) is -1.38. The van der Waals surface area contributed by atoms with Crippen molar-refractivity contribution < 1.29 is 19.8 Å². The minimum atomic E-state index is -1.76. The van der Waals surface area contributed by atoms with Gasteiger partial charge in [-0.2, -0.15) is 0 Å². The molecule has 3 aromatic rings. The Balaban J connectivity index is 1.22. The molecule has 204 valence electrons. The zero-order valence-electron chi connectivity index (χ0n) is 21.9. The molecule has 0 saturated carbocycles. The summed E-state index contributed by atoms with van der Waals surface area (Å²) in [7, 11) is 0. The van der Waals surface area contributed by atoms with E-state index >= 15 is 0 Å². The molecule has 2 aliphatic rings. The number of fused-ring (bicyclic) bond motifs is 1. The standard InChI is InChI=1S/C29H34N6O4/c1-19(8-5-6-15-35-17-26(33-34-35)22(18-36)20-9-3-2-4-10-20)29(39)23-16-21(12-13-24(23)32-28(29)38)31-27(37)25-11-7-14-30-25/h2-5,8-10,12-13,16-17,19,22,25,30,36,39H,6-7,11,14-15,18H2,1H3,(H,31,37)(H,32,38)/b8-5+/t19-,22?,25+,29+/m0/s1. The number of nitrogens with one attached hydrogen (secondary N) is 3. The zero-order chi connectivity index (χ0) is 27.4. The third-order valence-corrected chi connectivity index (χ3v) is 7.58. The van der Waals surface area contributed by atoms with Crippen molar-refractivity contribution in [1.82, 2.24) is 20.3 Å². The number of aliphatic hydroxyl groups excluding tert-OH is 1. The fourth-order valence-electron chi connectivity index (χ4n) is 5.26. The highest BCUT2D eigenvalue weighted by molar-refractivity contribution is 6.06. The maximum absolute atomic E-state index is 12.9. The molecule has 2 amide bonds. The van der Waals surface area contributed by atoms with E-state index in [-0.39, 0.29) is 24.5 Å². The Kier molecular flexibility index (Phi) is 7.87. The number of aliphatic hydroxyl groups is 2. The van der Waals surface area contributed by atoms with E-state index in [4.69, 9.17) is 0 Å². The normalized spacial score (nSPS) is 22.0. The number of carbonyl (C=O) groups is 2. The number of hydrogen-bond donors (Lipinski definition) is 5. The van der Waals surface area contributed by atoms with Crippen LogP contribution in [0.25, 0.3) is 0 Å². The second kappa shape index (κ2) is 11.5. The molecule has 10 heteroatoms. The Morgan fingerprint density at radius 2 is 2.10 bits per heavy atom. The number of hydrogen-bond acceptors (Lipinski definition) is 7. The van der Waals surface area contributed by atoms with Crippen LogP contribution in [0.15, 0.2) is 66.9 Å². The summed E-state index contributed by atoms with van der Waals surface area (Å²) in [6.07, 6.45) is 7.91. The van der Waals surface area contributed by atoms with Crippen molar-refractivity contribution in [2.45, 2.75) is 50.3 Å². The lowest BCUT2D eigenvalue weighted by Crippen LogP contribution is -2.40. The van der Waals surface area contributed by atoms with Crippen LogP contribution in [-0.4, -0.2) is 56.2 Å². The maximum atomic E-state index is 12.9. The number of aryl methyl sites for hydroxylation is 1. The minimum Gasteiger partial charge on any atom is -0.395 e. The highest BCUT2D eigenvalue weighted by atomic mass is 16.3. The summed E-state index contributed by atoms with van der Waals surface area (Å²) in [5, 5.41) is 38.7. The van der Waals surface area contributed by atoms with Gasteiger partial charge in [-0.05, 0) is 49.6 Å². The van der Waals surface area contributed by atoms with Crippen LogP contribution in [0, 0.1) is 5.92 Å². The quantitative estimate of drug-likeness (QED) is 0.254. The van der Waals surface area contributed by atoms with Crippen molar-refractivity contribution in [1.29, 1.82) is 0 Å². The van der Waals surface area contributed by atoms with E-state index in [9.17, 15) is 19.8 Å². The van der Waals surface area contributed by atoms with Gasteiger partial charge in [0.1, 0.15) is 0 Å². The number of nitrogens with zero attached hydrogens (tertiary/aromatic N) is 3. The van der Waals surface area contributed by atoms with E-state index in [1.54, 1.807) is 29.8 Å². The summed E-state index contributed by atoms with van der Waals surface area (Å²) < 4.78 is 1.72. The number of anilines is 2. The Bertz CT molecular complexity index is 1350. The number of benzene rings is 2. The number of amides is 2. The van der Waals surface area contributed by atoms with E-state index < -0.39 is 17.4 Å². The van der Waals surface area contributed by atoms with Gasteiger partial charge in [0.05, 0.1) is 24.3 Å². The Morgan fingerprint density at radius 3 is 2.85 bits per heavy atom. The van der Waals surface area contributed by atoms with Gasteiger partial charge in [0.25, 0.3) is 5.91 Å². The summed E-state index contributed by atoms with van der Waals surface area (Å²) >= 11 is 0. The van der Waals surface area contributed by atoms with Gasteiger partial charge in [0, 0.05) is 35.6 Å². The molecule has 4 atom stereocenters. The van der Waals surface area contributed by atoms with Crippen LogP contribution in [0.5, 0.6) is 0 Å². The fraction of sp³-hybridized carbons (Fsp3) is 0.379. The van der Waals surface area contributed by atoms with Gasteiger partial charge in [-0.1, -0.05) is 54.6 Å². The molecule has 0 bridgehead atoms. The van der Waals surface area contributed by atoms with Gasteiger partial charge in [-0.25, -0.2) is 0 Å². The van der Waals surface area contributed by atoms with Gasteiger partial charge in [0.15, 0.2) is 5.60 Å². The minimum absolute atomic E-state index is 0.0644. The van der Waals surface area contributed by atoms with E-state index in [1.165, 1.54) is 0 Å². The molecule has 3 heterocycles. The van der Waals surface area contributed by atoms with Crippen LogP contribution in [0.2, 0.25) is 0 Å². The lowest BCUT2D eigenvalue weighted by molar-refractivity contribution is -0.137. The largest absolute Gasteiger partial charge is 0.395 e. The molecule has 1 fully saturated rings. The van der Waals surface area contributed by atoms with Gasteiger partial charge < -0.3 is 26.2 Å². The van der Waals surface area contributed by atoms with Crippen LogP contribution in [0.1, 0.15) is 48.9 Å². The zero-order valence-corrected chi connectivity index (χ0v) is 21.9. The Hall–Kier alpha value is -3.86. The van der Waals surface area contributed by atoms with Crippen molar-refractivity contribution >= 4 is 23.2 Å². The molecule has 1 unspecified atom stereocenters. The molecule has 39 heavy (non-hydrogen) atoms. The first-order valence-electron chi connectivity index (χ1n) is 13.3. The monoisotopic (exact) mass is 530 g/mol. The van der Waals surface area contributed by atoms with Crippen molar-refractivity contribution in [2.24, 2.45) is 5.92 Å². The highest BCUT2D eigenvalue weighted by Crippen LogP contribution is 2.43. The topological polar surface area (TPSA) is 141 Å². The average molecular weight is 531 g/mol.